The molecule has 0 bridgehead atoms. The zero-order valence-corrected chi connectivity index (χ0v) is 57.0. The number of anilines is 5. The van der Waals surface area contributed by atoms with Crippen LogP contribution in [0, 0.1) is 20.2 Å². The summed E-state index contributed by atoms with van der Waals surface area (Å²) in [5, 5.41) is 27.5. The van der Waals surface area contributed by atoms with Crippen LogP contribution >= 0.6 is 15.9 Å². The molecule has 40 heteroatoms. The summed E-state index contributed by atoms with van der Waals surface area (Å²) in [4.78, 5) is 134. The molecule has 4 amide bonds. The summed E-state index contributed by atoms with van der Waals surface area (Å²) in [5.74, 6) is 3.22. The van der Waals surface area contributed by atoms with Gasteiger partial charge in [-0.25, -0.2) is 44.4 Å². The quantitative estimate of drug-likeness (QED) is 0.0123. The molecule has 2 atom stereocenters. The highest BCUT2D eigenvalue weighted by Gasteiger charge is 2.28. The van der Waals surface area contributed by atoms with E-state index in [2.05, 4.69) is 75.9 Å². The van der Waals surface area contributed by atoms with Crippen molar-refractivity contribution < 1.29 is 57.6 Å². The van der Waals surface area contributed by atoms with Crippen molar-refractivity contribution in [3.63, 3.8) is 0 Å². The fraction of sp³-hybridized carbons (Fsp3) is 0.517. The highest BCUT2D eigenvalue weighted by atomic mass is 79.9. The number of likely N-dealkylation sites (N-methyl/N-ethyl adjacent to an activating group) is 2. The molecule has 0 aliphatic carbocycles. The molecular weight excluding hydrogens is 1350 g/mol. The smallest absolute Gasteiger partial charge is 0.342 e. The maximum atomic E-state index is 11.8. The molecule has 0 radical (unpaired) electrons. The van der Waals surface area contributed by atoms with E-state index in [0.29, 0.717) is 90.2 Å². The maximum Gasteiger partial charge on any atom is 0.342 e. The molecule has 98 heavy (non-hydrogen) atoms. The van der Waals surface area contributed by atoms with Gasteiger partial charge >= 0.3 is 29.5 Å². The van der Waals surface area contributed by atoms with Crippen LogP contribution in [0.3, 0.4) is 0 Å². The number of nitrogens with one attached hydrogen (secondary N) is 2. The van der Waals surface area contributed by atoms with Crippen molar-refractivity contribution in [2.45, 2.75) is 149 Å². The molecule has 11 heterocycles. The van der Waals surface area contributed by atoms with Crippen molar-refractivity contribution in [1.82, 2.24) is 67.3 Å². The predicted octanol–water partition coefficient (Wildman–Crippen LogP) is 5.75. The molecule has 0 saturated heterocycles. The van der Waals surface area contributed by atoms with Gasteiger partial charge in [0.15, 0.2) is 12.7 Å². The molecule has 4 aliphatic heterocycles. The predicted molar refractivity (Wildman–Crippen MR) is 359 cm³/mol. The fourth-order valence-corrected chi connectivity index (χ4v) is 9.35. The normalized spacial score (nSPS) is 14.8. The van der Waals surface area contributed by atoms with Gasteiger partial charge in [0, 0.05) is 96.2 Å². The molecule has 39 nitrogen and oxygen atoms in total. The van der Waals surface area contributed by atoms with Crippen LogP contribution in [0.4, 0.5) is 40.7 Å². The van der Waals surface area contributed by atoms with Gasteiger partial charge in [-0.1, -0.05) is 21.0 Å². The monoisotopic (exact) mass is 1430 g/mol. The van der Waals surface area contributed by atoms with E-state index in [0.717, 1.165) is 80.1 Å². The number of carbonyl (C=O) groups excluding carboxylic acids is 7. The standard InChI is InChI=1S/C9H13N3O4.C9H15N3O2.C8H10N6O.C8H12N4O.C8H11N3O.C7H9N3O.C6H11BrO2.C3H3N3O2/c1-2-16-9(13)4-3-5-11-7-10-6-8(11)12(14)15;1-2-14-9(13)4-3-5-12-7-11-6-8(12)10;1-13-7-4-10-5-14(7)3-2-6(8(13)15)11-12-9;1-11-7-4-10-5-12(7)3-2-6(9)8(11)13;1-10-7-5-9-6-11(7)4-2-3-8(10)12;11-7-2-1-3-10-5-8-4-6(10)9-7;1-2-9-6(8)4-3-5-7;7-6(8)3-1-4-2-5-3/h6-7H,2-5H2,1H3;6-7H,2-5,10H2,1H3;4-6H,2-3H2,1H3;4-6H,2-3,9H2,1H3;5-6H,2-4H2,1H3;4-5H,1-3H2,(H,9,11);2-5H2,1H3;1-2H,(H,4,5). The van der Waals surface area contributed by atoms with Gasteiger partial charge in [-0.3, -0.25) is 43.4 Å². The third-order valence-electron chi connectivity index (χ3n) is 14.1. The summed E-state index contributed by atoms with van der Waals surface area (Å²) in [5.41, 5.74) is 19.6. The molecule has 6 N–H and O–H groups in total. The van der Waals surface area contributed by atoms with Crippen molar-refractivity contribution in [1.29, 1.82) is 0 Å². The van der Waals surface area contributed by atoms with Crippen LogP contribution < -0.4 is 31.5 Å². The van der Waals surface area contributed by atoms with E-state index in [1.54, 1.807) is 112 Å². The number of amides is 4. The number of aromatic amines is 1. The number of nitrogens with zero attached hydrogens (tertiary/aromatic N) is 21. The number of azide groups is 1. The number of hydrogen-bond acceptors (Lipinski definition) is 24. The van der Waals surface area contributed by atoms with Gasteiger partial charge in [0.2, 0.25) is 23.6 Å². The molecule has 7 aromatic heterocycles. The second-order valence-corrected chi connectivity index (χ2v) is 21.8. The number of halogens is 1. The minimum Gasteiger partial charge on any atom is -0.466 e. The van der Waals surface area contributed by atoms with Crippen molar-refractivity contribution in [3.8, 4) is 0 Å². The molecule has 0 aromatic carbocycles. The Balaban J connectivity index is 0.000000240. The lowest BCUT2D eigenvalue weighted by Gasteiger charge is -2.16. The number of nitrogens with two attached hydrogens (primary N) is 2. The van der Waals surface area contributed by atoms with E-state index in [1.807, 2.05) is 25.2 Å². The van der Waals surface area contributed by atoms with Gasteiger partial charge in [0.1, 0.15) is 47.5 Å². The zero-order valence-electron chi connectivity index (χ0n) is 55.4. The minimum absolute atomic E-state index is 0.0424. The molecule has 0 spiro atoms. The van der Waals surface area contributed by atoms with Gasteiger partial charge in [-0.15, -0.1) is 0 Å². The summed E-state index contributed by atoms with van der Waals surface area (Å²) in [6.07, 6.45) is 29.3. The number of imidazole rings is 7. The number of nitrogen functional groups attached to an aromatic ring is 1. The number of fused-ring (bicyclic) bond motifs is 4. The van der Waals surface area contributed by atoms with E-state index >= 15 is 0 Å². The molecule has 0 saturated carbocycles. The van der Waals surface area contributed by atoms with Crippen LogP contribution in [0.2, 0.25) is 0 Å². The zero-order chi connectivity index (χ0) is 71.9. The largest absolute Gasteiger partial charge is 0.466 e. The number of aryl methyl sites for hydroxylation is 6. The summed E-state index contributed by atoms with van der Waals surface area (Å²) in [6, 6.07) is -0.996. The second-order valence-electron chi connectivity index (χ2n) is 21.0. The van der Waals surface area contributed by atoms with Crippen molar-refractivity contribution in [3.05, 3.63) is 118 Å². The Kier molecular flexibility index (Phi) is 35.1. The number of alkyl halides is 1. The number of esters is 3. The van der Waals surface area contributed by atoms with Crippen LogP contribution in [-0.4, -0.2) is 177 Å². The van der Waals surface area contributed by atoms with Crippen LogP contribution in [0.25, 0.3) is 10.4 Å². The third kappa shape index (κ3) is 26.7. The third-order valence-corrected chi connectivity index (χ3v) is 14.7. The van der Waals surface area contributed by atoms with E-state index in [1.165, 1.54) is 28.3 Å². The number of carbonyl (C=O) groups is 7. The Morgan fingerprint density at radius 1 is 0.633 bits per heavy atom. The van der Waals surface area contributed by atoms with Crippen LogP contribution in [0.5, 0.6) is 0 Å². The van der Waals surface area contributed by atoms with Gasteiger partial charge in [0.25, 0.3) is 0 Å². The SMILES string of the molecule is CCOC(=O)CCCBr.CCOC(=O)CCCn1cncc1N.CCOC(=O)CCCn1cncc1[N+](=O)[O-].CN1C(=O)C(N)CCn2cncc21.CN1C(=O)C(N=[N+]=[N-])CCn2cncc21.CN1C(=O)CCCn2cncc21.O=C1CCCn2cncc2N1.O=[N+]([O-])c1cnc[nH]1. The van der Waals surface area contributed by atoms with Gasteiger partial charge in [-0.2, -0.15) is 0 Å². The van der Waals surface area contributed by atoms with Crippen LogP contribution in [0.1, 0.15) is 97.8 Å². The van der Waals surface area contributed by atoms with Gasteiger partial charge in [-0.05, 0) is 81.1 Å². The van der Waals surface area contributed by atoms with Gasteiger partial charge < -0.3 is 79.0 Å². The number of ether oxygens (including phenoxy) is 3. The first-order chi connectivity index (χ1) is 47.1. The van der Waals surface area contributed by atoms with Crippen LogP contribution in [-0.2, 0) is 87.0 Å². The Labute approximate surface area is 571 Å². The Morgan fingerprint density at radius 3 is 1.64 bits per heavy atom. The van der Waals surface area contributed by atoms with E-state index in [9.17, 15) is 53.8 Å². The number of aromatic nitrogens is 14. The first kappa shape index (κ1) is 79.5. The highest BCUT2D eigenvalue weighted by molar-refractivity contribution is 9.09. The van der Waals surface area contributed by atoms with Crippen molar-refractivity contribution in [2.75, 3.05) is 72.0 Å². The lowest BCUT2D eigenvalue weighted by Crippen LogP contribution is -2.40. The van der Waals surface area contributed by atoms with E-state index in [-0.39, 0.29) is 65.6 Å². The molecule has 4 aliphatic rings. The second kappa shape index (κ2) is 43.2. The molecule has 2 unspecified atom stereocenters. The summed E-state index contributed by atoms with van der Waals surface area (Å²) in [6.45, 7) is 10.9. The number of nitro groups is 2. The number of H-pyrrole nitrogens is 1. The van der Waals surface area contributed by atoms with Crippen molar-refractivity contribution in [2.24, 2.45) is 10.8 Å². The number of hydrogen-bond donors (Lipinski definition) is 4. The molecule has 532 valence electrons. The maximum absolute atomic E-state index is 11.8. The Bertz CT molecular complexity index is 3660. The summed E-state index contributed by atoms with van der Waals surface area (Å²) < 4.78 is 25.2. The molecule has 0 fully saturated rings. The fourth-order valence-electron chi connectivity index (χ4n) is 9.07. The summed E-state index contributed by atoms with van der Waals surface area (Å²) >= 11 is 3.22. The van der Waals surface area contributed by atoms with E-state index < -0.39 is 15.9 Å². The number of rotatable bonds is 17. The first-order valence-electron chi connectivity index (χ1n) is 31.1. The van der Waals surface area contributed by atoms with Crippen molar-refractivity contribution >= 4 is 98.2 Å². The Hall–Kier alpha value is -10.9. The lowest BCUT2D eigenvalue weighted by molar-refractivity contribution is -0.392. The first-order valence-corrected chi connectivity index (χ1v) is 32.2. The molecular formula is C58H84BrN25O14. The molecule has 11 rings (SSSR count). The van der Waals surface area contributed by atoms with Gasteiger partial charge in [0.05, 0.1) is 95.0 Å². The molecule has 7 aromatic rings. The lowest BCUT2D eigenvalue weighted by atomic mass is 10.2. The topological polar surface area (TPSA) is 492 Å². The highest BCUT2D eigenvalue weighted by Crippen LogP contribution is 2.22. The average molecular weight is 1440 g/mol. The summed E-state index contributed by atoms with van der Waals surface area (Å²) in [7, 11) is 5.17. The van der Waals surface area contributed by atoms with E-state index in [4.69, 9.17) is 26.5 Å². The van der Waals surface area contributed by atoms with Crippen LogP contribution in [0.15, 0.2) is 92.8 Å². The minimum atomic E-state index is -0.611. The average Bonchev–Trinajstić information content (AvgIpc) is 1.71. The Morgan fingerprint density at radius 2 is 1.12 bits per heavy atom.